The van der Waals surface area contributed by atoms with Gasteiger partial charge >= 0.3 is 5.97 Å². The van der Waals surface area contributed by atoms with Gasteiger partial charge in [0.2, 0.25) is 17.2 Å². The largest absolute Gasteiger partial charge is 0.480 e. The number of hydrogen-bond acceptors (Lipinski definition) is 10. The normalized spacial score (nSPS) is 17.8. The summed E-state index contributed by atoms with van der Waals surface area (Å²) in [6, 6.07) is -5.62. The van der Waals surface area contributed by atoms with Gasteiger partial charge in [0.05, 0.1) is 30.3 Å². The van der Waals surface area contributed by atoms with Crippen molar-refractivity contribution in [1.82, 2.24) is 16.0 Å². The number of amides is 2. The molecule has 0 rings (SSSR count). The first-order valence-corrected chi connectivity index (χ1v) is 17.2. The molecule has 0 fully saturated rings. The lowest BCUT2D eigenvalue weighted by Crippen LogP contribution is -2.67. The molecule has 5 unspecified atom stereocenters. The first kappa shape index (κ1) is 44.5. The van der Waals surface area contributed by atoms with Crippen molar-refractivity contribution < 1.29 is 39.3 Å². The smallest absolute Gasteiger partial charge is 0.327 e. The van der Waals surface area contributed by atoms with E-state index in [9.17, 15) is 39.3 Å². The first-order chi connectivity index (χ1) is 21.7. The van der Waals surface area contributed by atoms with Gasteiger partial charge in [-0.1, -0.05) is 75.2 Å². The van der Waals surface area contributed by atoms with Gasteiger partial charge < -0.3 is 42.7 Å². The summed E-state index contributed by atoms with van der Waals surface area (Å²) in [5, 5.41) is 42.0. The predicted octanol–water partition coefficient (Wildman–Crippen LogP) is 1.50. The van der Waals surface area contributed by atoms with Crippen molar-refractivity contribution in [1.29, 1.82) is 0 Å². The molecule has 0 heterocycles. The van der Waals surface area contributed by atoms with E-state index in [2.05, 4.69) is 22.9 Å². The maximum Gasteiger partial charge on any atom is 0.327 e. The van der Waals surface area contributed by atoms with Crippen LogP contribution in [0.15, 0.2) is 0 Å². The molecule has 13 heteroatoms. The van der Waals surface area contributed by atoms with Crippen LogP contribution in [-0.4, -0.2) is 93.6 Å². The molecule has 2 amide bonds. The van der Waals surface area contributed by atoms with Crippen molar-refractivity contribution >= 4 is 29.4 Å². The van der Waals surface area contributed by atoms with Crippen molar-refractivity contribution in [3.63, 3.8) is 0 Å². The molecule has 0 aliphatic rings. The van der Waals surface area contributed by atoms with Gasteiger partial charge in [-0.15, -0.1) is 0 Å². The van der Waals surface area contributed by atoms with E-state index in [-0.39, 0.29) is 24.2 Å². The minimum Gasteiger partial charge on any atom is -0.480 e. The van der Waals surface area contributed by atoms with Gasteiger partial charge in [-0.3, -0.25) is 24.0 Å². The quantitative estimate of drug-likeness (QED) is 0.0541. The number of aliphatic hydroxyl groups is 2. The number of aliphatic hydroxyl groups excluding tert-OH is 2. The second kappa shape index (κ2) is 20.8. The van der Waals surface area contributed by atoms with Crippen molar-refractivity contribution in [3.05, 3.63) is 0 Å². The van der Waals surface area contributed by atoms with Gasteiger partial charge in [0.1, 0.15) is 6.10 Å². The fourth-order valence-electron chi connectivity index (χ4n) is 5.68. The van der Waals surface area contributed by atoms with Gasteiger partial charge in [0.15, 0.2) is 11.6 Å². The molecular formula is C34H65N5O8. The average Bonchev–Trinajstić information content (AvgIpc) is 2.94. The van der Waals surface area contributed by atoms with Crippen LogP contribution in [0.2, 0.25) is 0 Å². The molecule has 0 bridgehead atoms. The van der Waals surface area contributed by atoms with Gasteiger partial charge in [-0.25, -0.2) is 0 Å². The topological polar surface area (TPSA) is 234 Å². The van der Waals surface area contributed by atoms with Crippen LogP contribution in [0.1, 0.15) is 108 Å². The van der Waals surface area contributed by atoms with Crippen LogP contribution < -0.4 is 27.4 Å². The molecule has 47 heavy (non-hydrogen) atoms. The molecule has 0 saturated carbocycles. The van der Waals surface area contributed by atoms with Crippen molar-refractivity contribution in [3.8, 4) is 0 Å². The summed E-state index contributed by atoms with van der Waals surface area (Å²) >= 11 is 0. The summed E-state index contributed by atoms with van der Waals surface area (Å²) < 4.78 is 0. The van der Waals surface area contributed by atoms with Crippen LogP contribution in [-0.2, 0) is 24.0 Å². The van der Waals surface area contributed by atoms with Crippen molar-refractivity contribution in [2.24, 2.45) is 40.6 Å². The minimum absolute atomic E-state index is 0.0135. The lowest BCUT2D eigenvalue weighted by molar-refractivity contribution is -0.173. The highest BCUT2D eigenvalue weighted by Gasteiger charge is 2.62. The molecule has 0 aliphatic heterocycles. The Morgan fingerprint density at radius 1 is 0.745 bits per heavy atom. The maximum absolute atomic E-state index is 14.7. The molecule has 0 aromatic heterocycles. The zero-order valence-electron chi connectivity index (χ0n) is 30.3. The Balaban J connectivity index is 7.18. The Kier molecular flexibility index (Phi) is 19.7. The van der Waals surface area contributed by atoms with E-state index in [1.807, 2.05) is 27.7 Å². The Labute approximate surface area is 281 Å². The Bertz CT molecular complexity index is 1020. The number of ketones is 2. The summed E-state index contributed by atoms with van der Waals surface area (Å²) in [5.41, 5.74) is 8.68. The molecule has 0 spiro atoms. The third-order valence-electron chi connectivity index (χ3n) is 8.43. The maximum atomic E-state index is 14.7. The molecule has 0 radical (unpaired) electrons. The molecule has 0 aromatic carbocycles. The van der Waals surface area contributed by atoms with Gasteiger partial charge in [0, 0.05) is 12.5 Å². The second-order valence-electron chi connectivity index (χ2n) is 14.6. The monoisotopic (exact) mass is 671 g/mol. The molecule has 0 saturated heterocycles. The molecule has 0 aliphatic carbocycles. The van der Waals surface area contributed by atoms with E-state index < -0.39 is 89.5 Å². The SMILES string of the molecule is CCCCCN[C@H](C(=O)N[C@H](C(=O)C(C(=O)O)(C(=O)CC(O)C(N)CC(C)C)C(O)C(CC(C)C)NC(=O)[C@H](C)N)C(C)C)C(C)C. The van der Waals surface area contributed by atoms with E-state index in [0.29, 0.717) is 13.0 Å². The Morgan fingerprint density at radius 3 is 1.70 bits per heavy atom. The lowest BCUT2D eigenvalue weighted by atomic mass is 9.66. The standard InChI is InChI=1S/C34H65N5O8/c1-11-12-13-14-37-28(21(8)9)32(45)39-27(20(6)7)30(43)34(33(46)47,26(41)17-25(40)23(36)15-18(2)3)29(42)24(16-19(4)5)38-31(44)22(10)35/h18-25,27-29,37,40,42H,11-17,35-36H2,1-10H3,(H,38,44)(H,39,45)(H,46,47)/t22-,23?,24?,25?,27-,28-,29?,34?/m0/s1. The number of carboxylic acids is 1. The van der Waals surface area contributed by atoms with Gasteiger partial charge in [-0.2, -0.15) is 0 Å². The molecule has 13 nitrogen and oxygen atoms in total. The van der Waals surface area contributed by atoms with Crippen molar-refractivity contribution in [2.45, 2.75) is 150 Å². The van der Waals surface area contributed by atoms with Crippen LogP contribution in [0.25, 0.3) is 0 Å². The van der Waals surface area contributed by atoms with Gasteiger partial charge in [0.25, 0.3) is 0 Å². The van der Waals surface area contributed by atoms with E-state index in [4.69, 9.17) is 11.5 Å². The highest BCUT2D eigenvalue weighted by atomic mass is 16.4. The molecular weight excluding hydrogens is 606 g/mol. The summed E-state index contributed by atoms with van der Waals surface area (Å²) in [6.45, 7) is 18.1. The number of hydrogen-bond donors (Lipinski definition) is 8. The summed E-state index contributed by atoms with van der Waals surface area (Å²) in [6.07, 6.45) is -1.62. The number of carbonyl (C=O) groups excluding carboxylic acids is 4. The third kappa shape index (κ3) is 13.2. The van der Waals surface area contributed by atoms with E-state index in [1.165, 1.54) is 6.92 Å². The number of aliphatic carboxylic acids is 1. The lowest BCUT2D eigenvalue weighted by Gasteiger charge is -2.40. The number of unbranched alkanes of at least 4 members (excludes halogenated alkanes) is 2. The molecule has 10 N–H and O–H groups in total. The van der Waals surface area contributed by atoms with E-state index >= 15 is 0 Å². The fourth-order valence-corrected chi connectivity index (χ4v) is 5.68. The zero-order chi connectivity index (χ0) is 36.8. The predicted molar refractivity (Wildman–Crippen MR) is 182 cm³/mol. The average molecular weight is 672 g/mol. The summed E-state index contributed by atoms with van der Waals surface area (Å²) in [5.74, 6) is -6.89. The summed E-state index contributed by atoms with van der Waals surface area (Å²) in [4.78, 5) is 68.6. The van der Waals surface area contributed by atoms with Crippen LogP contribution in [0.3, 0.4) is 0 Å². The highest BCUT2D eigenvalue weighted by molar-refractivity contribution is 6.24. The first-order valence-electron chi connectivity index (χ1n) is 17.2. The molecule has 8 atom stereocenters. The van der Waals surface area contributed by atoms with Crippen LogP contribution in [0.5, 0.6) is 0 Å². The van der Waals surface area contributed by atoms with Crippen LogP contribution >= 0.6 is 0 Å². The number of carbonyl (C=O) groups is 5. The minimum atomic E-state index is -3.19. The second-order valence-corrected chi connectivity index (χ2v) is 14.6. The number of Topliss-reactive ketones (excluding diaryl/α,β-unsaturated/α-hetero) is 2. The molecule has 0 aromatic rings. The fraction of sp³-hybridized carbons (Fsp3) is 0.853. The summed E-state index contributed by atoms with van der Waals surface area (Å²) in [7, 11) is 0. The Morgan fingerprint density at radius 2 is 1.28 bits per heavy atom. The number of carboxylic acid groups (broad SMARTS) is 1. The van der Waals surface area contributed by atoms with Crippen LogP contribution in [0.4, 0.5) is 0 Å². The highest BCUT2D eigenvalue weighted by Crippen LogP contribution is 2.35. The molecule has 274 valence electrons. The van der Waals surface area contributed by atoms with E-state index in [0.717, 1.165) is 19.3 Å². The number of nitrogens with two attached hydrogens (primary N) is 2. The van der Waals surface area contributed by atoms with Crippen LogP contribution in [0, 0.1) is 29.1 Å². The third-order valence-corrected chi connectivity index (χ3v) is 8.43. The van der Waals surface area contributed by atoms with Gasteiger partial charge in [-0.05, 0) is 56.4 Å². The zero-order valence-corrected chi connectivity index (χ0v) is 30.3. The van der Waals surface area contributed by atoms with Crippen molar-refractivity contribution in [2.75, 3.05) is 6.54 Å². The van der Waals surface area contributed by atoms with E-state index in [1.54, 1.807) is 27.7 Å². The Hall–Kier alpha value is -2.45. The number of nitrogens with one attached hydrogen (secondary N) is 3. The number of rotatable bonds is 24.